The molecular weight excluding hydrogens is 356 g/mol. The first-order chi connectivity index (χ1) is 13.5. The van der Waals surface area contributed by atoms with Gasteiger partial charge in [0.1, 0.15) is 11.6 Å². The van der Waals surface area contributed by atoms with Crippen LogP contribution < -0.4 is 10.5 Å². The molecule has 0 bridgehead atoms. The van der Waals surface area contributed by atoms with Crippen molar-refractivity contribution in [1.29, 1.82) is 0 Å². The van der Waals surface area contributed by atoms with E-state index in [0.29, 0.717) is 5.82 Å². The van der Waals surface area contributed by atoms with E-state index in [9.17, 15) is 10.1 Å². The Hall–Kier alpha value is -3.87. The van der Waals surface area contributed by atoms with Gasteiger partial charge in [-0.25, -0.2) is 4.98 Å². The number of fused-ring (bicyclic) bond motifs is 1. The molecule has 0 unspecified atom stereocenters. The van der Waals surface area contributed by atoms with Crippen LogP contribution in [0.4, 0.5) is 11.5 Å². The number of ether oxygens (including phenoxy) is 1. The van der Waals surface area contributed by atoms with Gasteiger partial charge in [-0.3, -0.25) is 10.1 Å². The zero-order valence-corrected chi connectivity index (χ0v) is 15.4. The van der Waals surface area contributed by atoms with Crippen molar-refractivity contribution < 1.29 is 9.66 Å². The second kappa shape index (κ2) is 6.70. The van der Waals surface area contributed by atoms with Gasteiger partial charge in [-0.05, 0) is 42.3 Å². The van der Waals surface area contributed by atoms with Crippen molar-refractivity contribution in [1.82, 2.24) is 9.38 Å². The van der Waals surface area contributed by atoms with Crippen LogP contribution in [0.2, 0.25) is 0 Å². The molecule has 0 saturated heterocycles. The maximum absolute atomic E-state index is 11.0. The Morgan fingerprint density at radius 2 is 1.64 bits per heavy atom. The quantitative estimate of drug-likeness (QED) is 0.420. The molecule has 0 atom stereocenters. The molecule has 0 amide bonds. The van der Waals surface area contributed by atoms with E-state index in [4.69, 9.17) is 10.5 Å². The number of nitro groups is 1. The van der Waals surface area contributed by atoms with Crippen LogP contribution in [0.15, 0.2) is 60.9 Å². The topological polar surface area (TPSA) is 95.7 Å². The third-order valence-electron chi connectivity index (χ3n) is 4.87. The summed E-state index contributed by atoms with van der Waals surface area (Å²) in [5.41, 5.74) is 11.8. The Labute approximate surface area is 161 Å². The molecule has 0 aliphatic heterocycles. The van der Waals surface area contributed by atoms with E-state index in [1.165, 1.54) is 12.1 Å². The number of nitro benzene ring substituents is 1. The van der Waals surface area contributed by atoms with Crippen molar-refractivity contribution in [3.8, 4) is 28.0 Å². The fourth-order valence-corrected chi connectivity index (χ4v) is 3.53. The molecule has 4 rings (SSSR count). The largest absolute Gasteiger partial charge is 0.497 e. The number of aromatic nitrogens is 2. The van der Waals surface area contributed by atoms with Gasteiger partial charge < -0.3 is 14.9 Å². The van der Waals surface area contributed by atoms with Crippen molar-refractivity contribution >= 4 is 17.0 Å². The predicted molar refractivity (Wildman–Crippen MR) is 108 cm³/mol. The standard InChI is InChI=1S/C21H18N4O3/c1-13-18(14-3-7-16(8-4-14)25(26)27)19(15-5-9-17(28-2)10-6-15)20-21(22)23-11-12-24(13)20/h3-12H,1-2H3,(H2,22,23). The zero-order valence-electron chi connectivity index (χ0n) is 15.4. The lowest BCUT2D eigenvalue weighted by Crippen LogP contribution is -1.96. The van der Waals surface area contributed by atoms with Gasteiger partial charge in [-0.15, -0.1) is 0 Å². The van der Waals surface area contributed by atoms with Crippen LogP contribution >= 0.6 is 0 Å². The highest BCUT2D eigenvalue weighted by Crippen LogP contribution is 2.42. The summed E-state index contributed by atoms with van der Waals surface area (Å²) < 4.78 is 7.26. The van der Waals surface area contributed by atoms with Crippen molar-refractivity contribution in [3.63, 3.8) is 0 Å². The number of benzene rings is 2. The monoisotopic (exact) mass is 374 g/mol. The molecule has 0 aliphatic carbocycles. The summed E-state index contributed by atoms with van der Waals surface area (Å²) in [6.45, 7) is 2.00. The average Bonchev–Trinajstić information content (AvgIpc) is 3.02. The predicted octanol–water partition coefficient (Wildman–Crippen LogP) is 4.48. The SMILES string of the molecule is COc1ccc(-c2c(-c3ccc([N+](=O)[O-])cc3)c(C)n3ccnc(N)c23)cc1. The maximum Gasteiger partial charge on any atom is 0.269 e. The first-order valence-corrected chi connectivity index (χ1v) is 8.65. The minimum absolute atomic E-state index is 0.0531. The number of non-ortho nitro benzene ring substituents is 1. The lowest BCUT2D eigenvalue weighted by molar-refractivity contribution is -0.384. The van der Waals surface area contributed by atoms with Gasteiger partial charge in [0.15, 0.2) is 0 Å². The molecular formula is C21H18N4O3. The number of nitrogens with zero attached hydrogens (tertiary/aromatic N) is 3. The maximum atomic E-state index is 11.0. The van der Waals surface area contributed by atoms with E-state index in [1.54, 1.807) is 25.4 Å². The molecule has 0 radical (unpaired) electrons. The fourth-order valence-electron chi connectivity index (χ4n) is 3.53. The van der Waals surface area contributed by atoms with E-state index in [2.05, 4.69) is 4.98 Å². The second-order valence-corrected chi connectivity index (χ2v) is 6.40. The number of nitrogen functional groups attached to an aromatic ring is 1. The van der Waals surface area contributed by atoms with E-state index in [0.717, 1.165) is 39.2 Å². The smallest absolute Gasteiger partial charge is 0.269 e. The summed E-state index contributed by atoms with van der Waals surface area (Å²) in [5, 5.41) is 11.0. The number of nitrogens with two attached hydrogens (primary N) is 1. The summed E-state index contributed by atoms with van der Waals surface area (Å²) in [7, 11) is 1.62. The Balaban J connectivity index is 2.03. The molecule has 0 spiro atoms. The van der Waals surface area contributed by atoms with Crippen LogP contribution in [0.3, 0.4) is 0 Å². The van der Waals surface area contributed by atoms with E-state index in [1.807, 2.05) is 41.8 Å². The average molecular weight is 374 g/mol. The number of methoxy groups -OCH3 is 1. The molecule has 140 valence electrons. The highest BCUT2D eigenvalue weighted by Gasteiger charge is 2.21. The van der Waals surface area contributed by atoms with Crippen molar-refractivity contribution in [2.75, 3.05) is 12.8 Å². The number of anilines is 1. The van der Waals surface area contributed by atoms with Crippen LogP contribution in [0.5, 0.6) is 5.75 Å². The number of hydrogen-bond donors (Lipinski definition) is 1. The van der Waals surface area contributed by atoms with Gasteiger partial charge in [-0.2, -0.15) is 0 Å². The number of rotatable bonds is 4. The van der Waals surface area contributed by atoms with Gasteiger partial charge >= 0.3 is 0 Å². The minimum atomic E-state index is -0.404. The van der Waals surface area contributed by atoms with E-state index < -0.39 is 4.92 Å². The zero-order chi connectivity index (χ0) is 19.8. The Morgan fingerprint density at radius 3 is 2.25 bits per heavy atom. The molecule has 4 aromatic rings. The van der Waals surface area contributed by atoms with Crippen LogP contribution in [-0.2, 0) is 0 Å². The van der Waals surface area contributed by atoms with Crippen molar-refractivity contribution in [3.05, 3.63) is 76.7 Å². The van der Waals surface area contributed by atoms with E-state index in [-0.39, 0.29) is 5.69 Å². The molecule has 7 nitrogen and oxygen atoms in total. The normalized spacial score (nSPS) is 10.9. The fraction of sp³-hybridized carbons (Fsp3) is 0.0952. The summed E-state index contributed by atoms with van der Waals surface area (Å²) in [5.74, 6) is 1.18. The summed E-state index contributed by atoms with van der Waals surface area (Å²) >= 11 is 0. The molecule has 28 heavy (non-hydrogen) atoms. The molecule has 2 aromatic heterocycles. The lowest BCUT2D eigenvalue weighted by Gasteiger charge is -2.08. The Kier molecular flexibility index (Phi) is 4.19. The van der Waals surface area contributed by atoms with Crippen LogP contribution in [-0.4, -0.2) is 21.4 Å². The molecule has 2 aromatic carbocycles. The van der Waals surface area contributed by atoms with E-state index >= 15 is 0 Å². The molecule has 0 saturated carbocycles. The van der Waals surface area contributed by atoms with Crippen LogP contribution in [0.1, 0.15) is 5.69 Å². The van der Waals surface area contributed by atoms with Gasteiger partial charge in [0.2, 0.25) is 0 Å². The number of aryl methyl sites for hydroxylation is 1. The first kappa shape index (κ1) is 17.5. The van der Waals surface area contributed by atoms with Crippen LogP contribution in [0, 0.1) is 17.0 Å². The highest BCUT2D eigenvalue weighted by molar-refractivity contribution is 6.00. The summed E-state index contributed by atoms with van der Waals surface area (Å²) in [6.07, 6.45) is 3.52. The van der Waals surface area contributed by atoms with Gasteiger partial charge in [0.05, 0.1) is 17.5 Å². The highest BCUT2D eigenvalue weighted by atomic mass is 16.6. The molecule has 2 heterocycles. The first-order valence-electron chi connectivity index (χ1n) is 8.65. The summed E-state index contributed by atoms with van der Waals surface area (Å²) in [6, 6.07) is 14.3. The Bertz CT molecular complexity index is 1180. The molecule has 2 N–H and O–H groups in total. The minimum Gasteiger partial charge on any atom is -0.497 e. The Morgan fingerprint density at radius 1 is 1.04 bits per heavy atom. The van der Waals surface area contributed by atoms with Gasteiger partial charge in [0, 0.05) is 41.3 Å². The van der Waals surface area contributed by atoms with Gasteiger partial charge in [-0.1, -0.05) is 12.1 Å². The lowest BCUT2D eigenvalue weighted by atomic mass is 9.95. The third kappa shape index (κ3) is 2.73. The molecule has 0 aliphatic rings. The van der Waals surface area contributed by atoms with Crippen LogP contribution in [0.25, 0.3) is 27.8 Å². The van der Waals surface area contributed by atoms with Crippen molar-refractivity contribution in [2.24, 2.45) is 0 Å². The summed E-state index contributed by atoms with van der Waals surface area (Å²) in [4.78, 5) is 14.9. The van der Waals surface area contributed by atoms with Gasteiger partial charge in [0.25, 0.3) is 5.69 Å². The third-order valence-corrected chi connectivity index (χ3v) is 4.87. The molecule has 7 heteroatoms. The van der Waals surface area contributed by atoms with Crippen molar-refractivity contribution in [2.45, 2.75) is 6.92 Å². The number of hydrogen-bond acceptors (Lipinski definition) is 5. The second-order valence-electron chi connectivity index (χ2n) is 6.40. The molecule has 0 fully saturated rings.